The first kappa shape index (κ1) is 16.0. The highest BCUT2D eigenvalue weighted by molar-refractivity contribution is 5.77. The van der Waals surface area contributed by atoms with Crippen LogP contribution in [0.5, 0.6) is 0 Å². The molecule has 3 nitrogen and oxygen atoms in total. The summed E-state index contributed by atoms with van der Waals surface area (Å²) in [5.41, 5.74) is 2.62. The van der Waals surface area contributed by atoms with Crippen LogP contribution in [0.25, 0.3) is 0 Å². The highest BCUT2D eigenvalue weighted by atomic mass is 16.2. The third kappa shape index (κ3) is 4.31. The van der Waals surface area contributed by atoms with Crippen molar-refractivity contribution < 1.29 is 4.79 Å². The van der Waals surface area contributed by atoms with Gasteiger partial charge in [0.1, 0.15) is 0 Å². The summed E-state index contributed by atoms with van der Waals surface area (Å²) in [6.07, 6.45) is 1.66. The zero-order valence-corrected chi connectivity index (χ0v) is 13.8. The molecule has 0 aliphatic carbocycles. The molecule has 1 saturated heterocycles. The van der Waals surface area contributed by atoms with Crippen LogP contribution in [0, 0.1) is 5.41 Å². The Bertz CT molecular complexity index is 473. The van der Waals surface area contributed by atoms with E-state index in [1.54, 1.807) is 0 Å². The molecule has 2 rings (SSSR count). The third-order valence-corrected chi connectivity index (χ3v) is 4.02. The normalized spacial score (nSPS) is 19.6. The van der Waals surface area contributed by atoms with Crippen molar-refractivity contribution in [3.05, 3.63) is 35.4 Å². The Balaban J connectivity index is 2.16. The van der Waals surface area contributed by atoms with Gasteiger partial charge < -0.3 is 10.2 Å². The first-order chi connectivity index (χ1) is 9.90. The van der Waals surface area contributed by atoms with E-state index >= 15 is 0 Å². The summed E-state index contributed by atoms with van der Waals surface area (Å²) in [7, 11) is 0. The van der Waals surface area contributed by atoms with Crippen molar-refractivity contribution in [2.75, 3.05) is 19.6 Å². The van der Waals surface area contributed by atoms with E-state index in [9.17, 15) is 4.79 Å². The highest BCUT2D eigenvalue weighted by Crippen LogP contribution is 2.27. The number of benzene rings is 1. The number of amides is 1. The zero-order chi connectivity index (χ0) is 15.5. The SMILES string of the molecule is CCc1ccc(C2CNCCN2C(=O)CC(C)(C)C)cc1. The van der Waals surface area contributed by atoms with Crippen molar-refractivity contribution >= 4 is 5.91 Å². The molecule has 0 radical (unpaired) electrons. The van der Waals surface area contributed by atoms with Gasteiger partial charge in [0.25, 0.3) is 0 Å². The van der Waals surface area contributed by atoms with Crippen LogP contribution >= 0.6 is 0 Å². The molecule has 0 aromatic heterocycles. The minimum absolute atomic E-state index is 0.0403. The smallest absolute Gasteiger partial charge is 0.223 e. The predicted octanol–water partition coefficient (Wildman–Crippen LogP) is 3.16. The van der Waals surface area contributed by atoms with Crippen molar-refractivity contribution in [1.29, 1.82) is 0 Å². The molecule has 1 aliphatic rings. The number of piperazine rings is 1. The maximum atomic E-state index is 12.6. The molecule has 1 aromatic rings. The second-order valence-corrected chi connectivity index (χ2v) is 7.14. The number of rotatable bonds is 3. The van der Waals surface area contributed by atoms with Crippen molar-refractivity contribution in [1.82, 2.24) is 10.2 Å². The standard InChI is InChI=1S/C18H28N2O/c1-5-14-6-8-15(9-7-14)16-13-19-10-11-20(16)17(21)12-18(2,3)4/h6-9,16,19H,5,10-13H2,1-4H3. The van der Waals surface area contributed by atoms with Gasteiger partial charge in [0.15, 0.2) is 0 Å². The van der Waals surface area contributed by atoms with E-state index in [1.807, 2.05) is 0 Å². The van der Waals surface area contributed by atoms with E-state index in [-0.39, 0.29) is 17.4 Å². The molecular formula is C18H28N2O. The van der Waals surface area contributed by atoms with E-state index in [4.69, 9.17) is 0 Å². The fourth-order valence-corrected chi connectivity index (χ4v) is 2.83. The third-order valence-electron chi connectivity index (χ3n) is 4.02. The minimum atomic E-state index is 0.0403. The quantitative estimate of drug-likeness (QED) is 0.926. The highest BCUT2D eigenvalue weighted by Gasteiger charge is 2.29. The molecule has 3 heteroatoms. The average Bonchev–Trinajstić information content (AvgIpc) is 2.45. The van der Waals surface area contributed by atoms with Gasteiger partial charge in [-0.25, -0.2) is 0 Å². The maximum absolute atomic E-state index is 12.6. The molecule has 0 spiro atoms. The Morgan fingerprint density at radius 2 is 1.95 bits per heavy atom. The number of carbonyl (C=O) groups excluding carboxylic acids is 1. The summed E-state index contributed by atoms with van der Waals surface area (Å²) in [6, 6.07) is 8.87. The fourth-order valence-electron chi connectivity index (χ4n) is 2.83. The van der Waals surface area contributed by atoms with E-state index in [2.05, 4.69) is 62.2 Å². The number of nitrogens with zero attached hydrogens (tertiary/aromatic N) is 1. The molecule has 1 aliphatic heterocycles. The van der Waals surface area contributed by atoms with Gasteiger partial charge >= 0.3 is 0 Å². The van der Waals surface area contributed by atoms with E-state index in [0.717, 1.165) is 26.1 Å². The van der Waals surface area contributed by atoms with E-state index < -0.39 is 0 Å². The monoisotopic (exact) mass is 288 g/mol. The Hall–Kier alpha value is -1.35. The number of nitrogens with one attached hydrogen (secondary N) is 1. The lowest BCUT2D eigenvalue weighted by Crippen LogP contribution is -2.49. The second-order valence-electron chi connectivity index (χ2n) is 7.14. The molecule has 1 heterocycles. The van der Waals surface area contributed by atoms with Crippen LogP contribution in [0.1, 0.15) is 51.3 Å². The van der Waals surface area contributed by atoms with Gasteiger partial charge in [-0.15, -0.1) is 0 Å². The number of hydrogen-bond acceptors (Lipinski definition) is 2. The Labute approximate surface area is 128 Å². The summed E-state index contributed by atoms with van der Waals surface area (Å²) in [4.78, 5) is 14.7. The topological polar surface area (TPSA) is 32.3 Å². The van der Waals surface area contributed by atoms with Crippen LogP contribution in [-0.4, -0.2) is 30.4 Å². The number of carbonyl (C=O) groups is 1. The van der Waals surface area contributed by atoms with E-state index in [1.165, 1.54) is 11.1 Å². The van der Waals surface area contributed by atoms with Crippen molar-refractivity contribution in [3.63, 3.8) is 0 Å². The van der Waals surface area contributed by atoms with Gasteiger partial charge in [-0.3, -0.25) is 4.79 Å². The summed E-state index contributed by atoms with van der Waals surface area (Å²) in [5, 5.41) is 3.42. The molecule has 0 saturated carbocycles. The molecule has 1 amide bonds. The molecule has 116 valence electrons. The largest absolute Gasteiger partial charge is 0.333 e. The molecule has 1 unspecified atom stereocenters. The molecule has 1 atom stereocenters. The van der Waals surface area contributed by atoms with Gasteiger partial charge in [-0.1, -0.05) is 52.0 Å². The van der Waals surface area contributed by atoms with Crippen LogP contribution < -0.4 is 5.32 Å². The summed E-state index contributed by atoms with van der Waals surface area (Å²) in [6.45, 7) is 11.1. The van der Waals surface area contributed by atoms with Crippen LogP contribution in [0.3, 0.4) is 0 Å². The molecule has 1 N–H and O–H groups in total. The average molecular weight is 288 g/mol. The molecule has 1 fully saturated rings. The lowest BCUT2D eigenvalue weighted by molar-refractivity contribution is -0.136. The van der Waals surface area contributed by atoms with Crippen LogP contribution in [0.2, 0.25) is 0 Å². The number of hydrogen-bond donors (Lipinski definition) is 1. The Morgan fingerprint density at radius 3 is 2.52 bits per heavy atom. The first-order valence-electron chi connectivity index (χ1n) is 8.00. The second kappa shape index (κ2) is 6.61. The van der Waals surface area contributed by atoms with Gasteiger partial charge in [-0.2, -0.15) is 0 Å². The Kier molecular flexibility index (Phi) is 5.04. The fraction of sp³-hybridized carbons (Fsp3) is 0.611. The zero-order valence-electron chi connectivity index (χ0n) is 13.8. The lowest BCUT2D eigenvalue weighted by atomic mass is 9.90. The lowest BCUT2D eigenvalue weighted by Gasteiger charge is -2.38. The minimum Gasteiger partial charge on any atom is -0.333 e. The molecule has 1 aromatic carbocycles. The van der Waals surface area contributed by atoms with Crippen molar-refractivity contribution in [2.45, 2.75) is 46.6 Å². The summed E-state index contributed by atoms with van der Waals surface area (Å²) < 4.78 is 0. The summed E-state index contributed by atoms with van der Waals surface area (Å²) in [5.74, 6) is 0.272. The van der Waals surface area contributed by atoms with Gasteiger partial charge in [0.05, 0.1) is 6.04 Å². The van der Waals surface area contributed by atoms with Gasteiger partial charge in [0, 0.05) is 26.1 Å². The molecule has 21 heavy (non-hydrogen) atoms. The first-order valence-corrected chi connectivity index (χ1v) is 8.00. The van der Waals surface area contributed by atoms with E-state index in [0.29, 0.717) is 6.42 Å². The van der Waals surface area contributed by atoms with Gasteiger partial charge in [-0.05, 0) is 23.0 Å². The maximum Gasteiger partial charge on any atom is 0.223 e. The molecular weight excluding hydrogens is 260 g/mol. The molecule has 0 bridgehead atoms. The van der Waals surface area contributed by atoms with Gasteiger partial charge in [0.2, 0.25) is 5.91 Å². The summed E-state index contributed by atoms with van der Waals surface area (Å²) >= 11 is 0. The van der Waals surface area contributed by atoms with Crippen molar-refractivity contribution in [3.8, 4) is 0 Å². The van der Waals surface area contributed by atoms with Crippen LogP contribution in [0.4, 0.5) is 0 Å². The van der Waals surface area contributed by atoms with Crippen LogP contribution in [-0.2, 0) is 11.2 Å². The van der Waals surface area contributed by atoms with Crippen LogP contribution in [0.15, 0.2) is 24.3 Å². The van der Waals surface area contributed by atoms with Crippen molar-refractivity contribution in [2.24, 2.45) is 5.41 Å². The Morgan fingerprint density at radius 1 is 1.29 bits per heavy atom. The predicted molar refractivity (Wildman–Crippen MR) is 87.2 cm³/mol. The number of aryl methyl sites for hydroxylation is 1.